The lowest BCUT2D eigenvalue weighted by atomic mass is 10.1. The van der Waals surface area contributed by atoms with Crippen LogP contribution in [0.3, 0.4) is 0 Å². The zero-order valence-electron chi connectivity index (χ0n) is 13.2. The van der Waals surface area contributed by atoms with Crippen LogP contribution in [0.4, 0.5) is 0 Å². The van der Waals surface area contributed by atoms with Gasteiger partial charge in [0.05, 0.1) is 11.0 Å². The van der Waals surface area contributed by atoms with E-state index in [0.717, 1.165) is 12.8 Å². The van der Waals surface area contributed by atoms with Crippen LogP contribution in [0.1, 0.15) is 24.6 Å². The van der Waals surface area contributed by atoms with E-state index in [1.54, 1.807) is 25.1 Å². The third-order valence-corrected chi connectivity index (χ3v) is 5.88. The summed E-state index contributed by atoms with van der Waals surface area (Å²) in [4.78, 5) is 4.27. The number of aromatic nitrogens is 2. The summed E-state index contributed by atoms with van der Waals surface area (Å²) in [5.74, 6) is 0.935. The highest BCUT2D eigenvalue weighted by Crippen LogP contribution is 2.24. The third-order valence-electron chi connectivity index (χ3n) is 3.79. The number of nitrogens with zero attached hydrogens (tertiary/aromatic N) is 3. The van der Waals surface area contributed by atoms with E-state index in [1.165, 1.54) is 10.4 Å². The second kappa shape index (κ2) is 7.18. The molecule has 0 radical (unpaired) electrons. The van der Waals surface area contributed by atoms with Gasteiger partial charge in [-0.25, -0.2) is 8.42 Å². The van der Waals surface area contributed by atoms with Gasteiger partial charge < -0.3 is 9.26 Å². The highest BCUT2D eigenvalue weighted by atomic mass is 35.5. The maximum atomic E-state index is 12.7. The summed E-state index contributed by atoms with van der Waals surface area (Å²) in [6.45, 7) is 2.67. The predicted octanol–water partition coefficient (Wildman–Crippen LogP) is 2.40. The number of aryl methyl sites for hydroxylation is 1. The maximum absolute atomic E-state index is 12.7. The Morgan fingerprint density at radius 1 is 1.46 bits per heavy atom. The zero-order chi connectivity index (χ0) is 17.2. The van der Waals surface area contributed by atoms with Gasteiger partial charge in [0, 0.05) is 18.1 Å². The van der Waals surface area contributed by atoms with Crippen molar-refractivity contribution >= 4 is 21.6 Å². The SMILES string of the molecule is Cc1noc(COC2CCCN(S(=O)(=O)c3cccc(Cl)c3)C2)n1. The lowest BCUT2D eigenvalue weighted by Gasteiger charge is -2.31. The number of rotatable bonds is 5. The van der Waals surface area contributed by atoms with Gasteiger partial charge in [-0.1, -0.05) is 22.8 Å². The zero-order valence-corrected chi connectivity index (χ0v) is 14.8. The van der Waals surface area contributed by atoms with E-state index in [0.29, 0.717) is 29.8 Å². The molecule has 3 rings (SSSR count). The lowest BCUT2D eigenvalue weighted by Crippen LogP contribution is -2.43. The van der Waals surface area contributed by atoms with E-state index >= 15 is 0 Å². The Bertz CT molecular complexity index is 809. The van der Waals surface area contributed by atoms with E-state index in [1.807, 2.05) is 0 Å². The van der Waals surface area contributed by atoms with Crippen molar-refractivity contribution < 1.29 is 17.7 Å². The molecule has 1 aliphatic heterocycles. The molecule has 0 saturated carbocycles. The second-order valence-corrected chi connectivity index (χ2v) is 8.01. The number of hydrogen-bond acceptors (Lipinski definition) is 6. The van der Waals surface area contributed by atoms with Gasteiger partial charge in [0.15, 0.2) is 5.82 Å². The van der Waals surface area contributed by atoms with E-state index < -0.39 is 10.0 Å². The summed E-state index contributed by atoms with van der Waals surface area (Å²) < 4.78 is 37.6. The highest BCUT2D eigenvalue weighted by molar-refractivity contribution is 7.89. The van der Waals surface area contributed by atoms with E-state index in [9.17, 15) is 8.42 Å². The van der Waals surface area contributed by atoms with Crippen molar-refractivity contribution in [3.63, 3.8) is 0 Å². The van der Waals surface area contributed by atoms with E-state index in [4.69, 9.17) is 20.9 Å². The van der Waals surface area contributed by atoms with Crippen molar-refractivity contribution in [1.29, 1.82) is 0 Å². The van der Waals surface area contributed by atoms with Crippen LogP contribution in [0.5, 0.6) is 0 Å². The molecule has 130 valence electrons. The lowest BCUT2D eigenvalue weighted by molar-refractivity contribution is -0.00296. The van der Waals surface area contributed by atoms with Gasteiger partial charge in [0.1, 0.15) is 6.61 Å². The fraction of sp³-hybridized carbons (Fsp3) is 0.467. The Hall–Kier alpha value is -1.48. The van der Waals surface area contributed by atoms with Gasteiger partial charge in [0.25, 0.3) is 5.89 Å². The molecule has 0 bridgehead atoms. The average molecular weight is 372 g/mol. The van der Waals surface area contributed by atoms with Gasteiger partial charge in [-0.15, -0.1) is 0 Å². The van der Waals surface area contributed by atoms with Gasteiger partial charge in [-0.3, -0.25) is 0 Å². The first-order chi connectivity index (χ1) is 11.4. The van der Waals surface area contributed by atoms with Gasteiger partial charge in [0.2, 0.25) is 10.0 Å². The third kappa shape index (κ3) is 3.94. The molecule has 2 heterocycles. The first kappa shape index (κ1) is 17.3. The minimum atomic E-state index is -3.58. The van der Waals surface area contributed by atoms with Crippen molar-refractivity contribution in [2.45, 2.75) is 37.4 Å². The number of piperidine rings is 1. The van der Waals surface area contributed by atoms with Crippen molar-refractivity contribution in [3.05, 3.63) is 41.0 Å². The van der Waals surface area contributed by atoms with E-state index in [-0.39, 0.29) is 17.6 Å². The van der Waals surface area contributed by atoms with Crippen LogP contribution >= 0.6 is 11.6 Å². The largest absolute Gasteiger partial charge is 0.367 e. The molecular formula is C15H18ClN3O4S. The van der Waals surface area contributed by atoms with Crippen LogP contribution in [-0.4, -0.2) is 42.1 Å². The molecule has 0 spiro atoms. The number of benzene rings is 1. The Labute approximate surface area is 145 Å². The molecule has 24 heavy (non-hydrogen) atoms. The number of halogens is 1. The highest BCUT2D eigenvalue weighted by Gasteiger charge is 2.31. The Morgan fingerprint density at radius 2 is 2.29 bits per heavy atom. The molecule has 2 aromatic rings. The molecule has 0 N–H and O–H groups in total. The molecular weight excluding hydrogens is 354 g/mol. The Morgan fingerprint density at radius 3 is 3.00 bits per heavy atom. The first-order valence-electron chi connectivity index (χ1n) is 7.61. The van der Waals surface area contributed by atoms with Crippen LogP contribution < -0.4 is 0 Å². The number of hydrogen-bond donors (Lipinski definition) is 0. The molecule has 9 heteroatoms. The Kier molecular flexibility index (Phi) is 5.19. The van der Waals surface area contributed by atoms with Crippen molar-refractivity contribution in [1.82, 2.24) is 14.4 Å². The Balaban J connectivity index is 1.66. The fourth-order valence-electron chi connectivity index (χ4n) is 2.62. The summed E-state index contributed by atoms with van der Waals surface area (Å²) >= 11 is 5.91. The number of sulfonamides is 1. The smallest absolute Gasteiger partial charge is 0.252 e. The van der Waals surface area contributed by atoms with Crippen molar-refractivity contribution in [3.8, 4) is 0 Å². The normalized spacial score (nSPS) is 19.5. The summed E-state index contributed by atoms with van der Waals surface area (Å²) in [7, 11) is -3.58. The van der Waals surface area contributed by atoms with Crippen molar-refractivity contribution in [2.24, 2.45) is 0 Å². The molecule has 1 saturated heterocycles. The van der Waals surface area contributed by atoms with Crippen LogP contribution in [0.15, 0.2) is 33.7 Å². The monoisotopic (exact) mass is 371 g/mol. The summed E-state index contributed by atoms with van der Waals surface area (Å²) in [5, 5.41) is 4.09. The van der Waals surface area contributed by atoms with Crippen molar-refractivity contribution in [2.75, 3.05) is 13.1 Å². The molecule has 1 aromatic carbocycles. The summed E-state index contributed by atoms with van der Waals surface area (Å²) in [5.41, 5.74) is 0. The van der Waals surface area contributed by atoms with Crippen LogP contribution in [0.25, 0.3) is 0 Å². The number of ether oxygens (including phenoxy) is 1. The standard InChI is InChI=1S/C15H18ClN3O4S/c1-11-17-15(23-18-11)10-22-13-5-3-7-19(9-13)24(20,21)14-6-2-4-12(16)8-14/h2,4,6,8,13H,3,5,7,9-10H2,1H3. The van der Waals surface area contributed by atoms with Gasteiger partial charge in [-0.05, 0) is 38.0 Å². The van der Waals surface area contributed by atoms with Gasteiger partial charge >= 0.3 is 0 Å². The quantitative estimate of drug-likeness (QED) is 0.802. The molecule has 1 unspecified atom stereocenters. The second-order valence-electron chi connectivity index (χ2n) is 5.63. The predicted molar refractivity (Wildman–Crippen MR) is 87.1 cm³/mol. The molecule has 1 fully saturated rings. The van der Waals surface area contributed by atoms with E-state index in [2.05, 4.69) is 10.1 Å². The maximum Gasteiger partial charge on any atom is 0.252 e. The van der Waals surface area contributed by atoms with Gasteiger partial charge in [-0.2, -0.15) is 9.29 Å². The van der Waals surface area contributed by atoms with Crippen LogP contribution in [0.2, 0.25) is 5.02 Å². The molecule has 0 amide bonds. The molecule has 1 atom stereocenters. The van der Waals surface area contributed by atoms with Crippen LogP contribution in [-0.2, 0) is 21.4 Å². The minimum absolute atomic E-state index is 0.177. The fourth-order valence-corrected chi connectivity index (χ4v) is 4.44. The topological polar surface area (TPSA) is 85.5 Å². The molecule has 0 aliphatic carbocycles. The first-order valence-corrected chi connectivity index (χ1v) is 9.43. The molecule has 1 aliphatic rings. The molecule has 7 nitrogen and oxygen atoms in total. The van der Waals surface area contributed by atoms with Crippen LogP contribution in [0, 0.1) is 6.92 Å². The minimum Gasteiger partial charge on any atom is -0.367 e. The molecule has 1 aromatic heterocycles. The average Bonchev–Trinajstić information content (AvgIpc) is 2.99. The summed E-state index contributed by atoms with van der Waals surface area (Å²) in [6, 6.07) is 6.29. The summed E-state index contributed by atoms with van der Waals surface area (Å²) in [6.07, 6.45) is 1.31.